The smallest absolute Gasteiger partial charge is 0.311 e. The SMILES string of the molecule is CCCCN1CC=C[C@]23S[C@H]4C=CCOC(=O)[C@H]4[C@H]2C(=O)N([C@H](C)CO)C3C1=O. The first-order valence-corrected chi connectivity index (χ1v) is 11.2. The van der Waals surface area contributed by atoms with Crippen LogP contribution >= 0.6 is 11.8 Å². The van der Waals surface area contributed by atoms with Gasteiger partial charge in [0, 0.05) is 18.3 Å². The van der Waals surface area contributed by atoms with E-state index in [9.17, 15) is 19.5 Å². The van der Waals surface area contributed by atoms with Gasteiger partial charge in [-0.25, -0.2) is 0 Å². The molecule has 8 heteroatoms. The summed E-state index contributed by atoms with van der Waals surface area (Å²) in [5.74, 6) is -2.00. The van der Waals surface area contributed by atoms with Crippen LogP contribution in [-0.2, 0) is 19.1 Å². The van der Waals surface area contributed by atoms with Crippen LogP contribution in [0.3, 0.4) is 0 Å². The van der Waals surface area contributed by atoms with E-state index in [-0.39, 0.29) is 36.2 Å². The largest absolute Gasteiger partial charge is 0.461 e. The van der Waals surface area contributed by atoms with Gasteiger partial charge in [-0.1, -0.05) is 37.6 Å². The zero-order valence-electron chi connectivity index (χ0n) is 16.8. The molecule has 2 amide bonds. The van der Waals surface area contributed by atoms with Gasteiger partial charge in [0.15, 0.2) is 0 Å². The van der Waals surface area contributed by atoms with Gasteiger partial charge in [0.25, 0.3) is 0 Å². The Bertz CT molecular complexity index is 768. The molecule has 7 nitrogen and oxygen atoms in total. The molecule has 29 heavy (non-hydrogen) atoms. The van der Waals surface area contributed by atoms with Gasteiger partial charge in [0.2, 0.25) is 11.8 Å². The first kappa shape index (κ1) is 20.5. The van der Waals surface area contributed by atoms with E-state index in [1.807, 2.05) is 24.3 Å². The Hall–Kier alpha value is -1.80. The molecule has 0 bridgehead atoms. The topological polar surface area (TPSA) is 87.2 Å². The van der Waals surface area contributed by atoms with Crippen molar-refractivity contribution in [1.29, 1.82) is 0 Å². The molecular weight excluding hydrogens is 392 g/mol. The number of carbonyl (C=O) groups excluding carboxylic acids is 3. The third-order valence-electron chi connectivity index (χ3n) is 6.46. The Morgan fingerprint density at radius 3 is 2.83 bits per heavy atom. The molecule has 0 aromatic rings. The molecule has 4 rings (SSSR count). The minimum Gasteiger partial charge on any atom is -0.461 e. The van der Waals surface area contributed by atoms with Crippen LogP contribution in [0.25, 0.3) is 0 Å². The summed E-state index contributed by atoms with van der Waals surface area (Å²) in [4.78, 5) is 43.4. The predicted molar refractivity (Wildman–Crippen MR) is 109 cm³/mol. The molecule has 0 saturated carbocycles. The van der Waals surface area contributed by atoms with Crippen LogP contribution in [0.5, 0.6) is 0 Å². The number of carbonyl (C=O) groups is 3. The molecular formula is C21H28N2O5S. The Kier molecular flexibility index (Phi) is 5.50. The van der Waals surface area contributed by atoms with Crippen molar-refractivity contribution >= 4 is 29.5 Å². The van der Waals surface area contributed by atoms with E-state index in [0.29, 0.717) is 13.1 Å². The van der Waals surface area contributed by atoms with Crippen LogP contribution < -0.4 is 0 Å². The summed E-state index contributed by atoms with van der Waals surface area (Å²) in [5.41, 5.74) is 0. The monoisotopic (exact) mass is 420 g/mol. The Labute approximate surface area is 175 Å². The average Bonchev–Trinajstić information content (AvgIpc) is 3.02. The van der Waals surface area contributed by atoms with Crippen LogP contribution in [-0.4, -0.2) is 81.1 Å². The fourth-order valence-electron chi connectivity index (χ4n) is 5.07. The van der Waals surface area contributed by atoms with E-state index in [4.69, 9.17) is 4.74 Å². The molecule has 0 aliphatic carbocycles. The standard InChI is InChI=1S/C21H28N2O5S/c1-3-4-9-22-10-6-8-21-16(15-14(29-21)7-5-11-28-20(15)27)18(25)23(13(2)12-24)17(21)19(22)26/h5-8,13-17,24H,3-4,9-12H2,1-2H3/t13-,14+,15-,16+,17?,21+/m1/s1. The van der Waals surface area contributed by atoms with Gasteiger partial charge < -0.3 is 19.6 Å². The third-order valence-corrected chi connectivity index (χ3v) is 8.20. The van der Waals surface area contributed by atoms with Gasteiger partial charge in [-0.15, -0.1) is 11.8 Å². The number of aliphatic hydroxyl groups excluding tert-OH is 1. The molecule has 158 valence electrons. The number of aliphatic hydroxyl groups is 1. The summed E-state index contributed by atoms with van der Waals surface area (Å²) in [6, 6.07) is -1.23. The zero-order chi connectivity index (χ0) is 20.8. The molecule has 1 N–H and O–H groups in total. The van der Waals surface area contributed by atoms with Crippen LogP contribution in [0.2, 0.25) is 0 Å². The summed E-state index contributed by atoms with van der Waals surface area (Å²) in [5, 5.41) is 9.61. The number of esters is 1. The zero-order valence-corrected chi connectivity index (χ0v) is 17.6. The second-order valence-electron chi connectivity index (χ2n) is 8.22. The number of hydrogen-bond acceptors (Lipinski definition) is 6. The van der Waals surface area contributed by atoms with Gasteiger partial charge in [-0.2, -0.15) is 0 Å². The van der Waals surface area contributed by atoms with Crippen molar-refractivity contribution < 1.29 is 24.2 Å². The van der Waals surface area contributed by atoms with E-state index in [0.717, 1.165) is 12.8 Å². The van der Waals surface area contributed by atoms with Crippen molar-refractivity contribution in [3.63, 3.8) is 0 Å². The van der Waals surface area contributed by atoms with Crippen molar-refractivity contribution in [2.24, 2.45) is 11.8 Å². The molecule has 0 aromatic carbocycles. The van der Waals surface area contributed by atoms with E-state index < -0.39 is 28.7 Å². The number of cyclic esters (lactones) is 1. The highest BCUT2D eigenvalue weighted by atomic mass is 32.2. The van der Waals surface area contributed by atoms with Gasteiger partial charge in [0.1, 0.15) is 12.6 Å². The van der Waals surface area contributed by atoms with Gasteiger partial charge in [0.05, 0.1) is 29.2 Å². The number of hydrogen-bond donors (Lipinski definition) is 1. The minimum absolute atomic E-state index is 0.0964. The summed E-state index contributed by atoms with van der Waals surface area (Å²) < 4.78 is 4.50. The maximum absolute atomic E-state index is 13.7. The summed E-state index contributed by atoms with van der Waals surface area (Å²) in [6.07, 6.45) is 9.56. The highest BCUT2D eigenvalue weighted by Crippen LogP contribution is 2.61. The summed E-state index contributed by atoms with van der Waals surface area (Å²) in [7, 11) is 0. The molecule has 2 saturated heterocycles. The fourth-order valence-corrected chi connectivity index (χ4v) is 7.06. The maximum atomic E-state index is 13.7. The molecule has 0 radical (unpaired) electrons. The van der Waals surface area contributed by atoms with Gasteiger partial charge in [-0.3, -0.25) is 14.4 Å². The average molecular weight is 421 g/mol. The van der Waals surface area contributed by atoms with Crippen molar-refractivity contribution in [3.8, 4) is 0 Å². The molecule has 4 heterocycles. The van der Waals surface area contributed by atoms with Crippen molar-refractivity contribution in [2.45, 2.75) is 48.8 Å². The quantitative estimate of drug-likeness (QED) is 0.527. The Morgan fingerprint density at radius 2 is 2.10 bits per heavy atom. The number of fused-ring (bicyclic) bond motifs is 2. The van der Waals surface area contributed by atoms with Gasteiger partial charge in [-0.05, 0) is 13.3 Å². The van der Waals surface area contributed by atoms with Crippen molar-refractivity contribution in [1.82, 2.24) is 9.80 Å². The lowest BCUT2D eigenvalue weighted by molar-refractivity contribution is -0.152. The molecule has 4 aliphatic heterocycles. The molecule has 2 fully saturated rings. The highest BCUT2D eigenvalue weighted by Gasteiger charge is 2.71. The van der Waals surface area contributed by atoms with E-state index >= 15 is 0 Å². The Balaban J connectivity index is 1.81. The van der Waals surface area contributed by atoms with Crippen molar-refractivity contribution in [3.05, 3.63) is 24.3 Å². The number of rotatable bonds is 5. The summed E-state index contributed by atoms with van der Waals surface area (Å²) in [6.45, 7) is 4.92. The van der Waals surface area contributed by atoms with E-state index in [1.54, 1.807) is 11.8 Å². The number of amides is 2. The lowest BCUT2D eigenvalue weighted by Crippen LogP contribution is -2.56. The highest BCUT2D eigenvalue weighted by molar-refractivity contribution is 8.02. The predicted octanol–water partition coefficient (Wildman–Crippen LogP) is 0.976. The first-order valence-electron chi connectivity index (χ1n) is 10.4. The molecule has 0 aromatic heterocycles. The van der Waals surface area contributed by atoms with Crippen molar-refractivity contribution in [2.75, 3.05) is 26.3 Å². The van der Waals surface area contributed by atoms with Crippen LogP contribution in [0.15, 0.2) is 24.3 Å². The molecule has 4 aliphatic rings. The molecule has 6 atom stereocenters. The maximum Gasteiger partial charge on any atom is 0.311 e. The number of unbranched alkanes of at least 4 members (excludes halogenated alkanes) is 1. The van der Waals surface area contributed by atoms with Crippen LogP contribution in [0.4, 0.5) is 0 Å². The van der Waals surface area contributed by atoms with Gasteiger partial charge >= 0.3 is 5.97 Å². The number of nitrogens with zero attached hydrogens (tertiary/aromatic N) is 2. The van der Waals surface area contributed by atoms with Crippen LogP contribution in [0.1, 0.15) is 26.7 Å². The first-order chi connectivity index (χ1) is 14.0. The lowest BCUT2D eigenvalue weighted by Gasteiger charge is -2.37. The minimum atomic E-state index is -0.825. The Morgan fingerprint density at radius 1 is 1.31 bits per heavy atom. The van der Waals surface area contributed by atoms with E-state index in [1.165, 1.54) is 16.7 Å². The second kappa shape index (κ2) is 7.80. The molecule has 1 spiro atoms. The lowest BCUT2D eigenvalue weighted by atomic mass is 9.78. The number of likely N-dealkylation sites (tertiary alicyclic amines) is 1. The van der Waals surface area contributed by atoms with Crippen LogP contribution in [0, 0.1) is 11.8 Å². The fraction of sp³-hybridized carbons (Fsp3) is 0.667. The third kappa shape index (κ3) is 3.03. The number of ether oxygens (including phenoxy) is 1. The second-order valence-corrected chi connectivity index (χ2v) is 9.70. The molecule has 1 unspecified atom stereocenters. The number of thioether (sulfide) groups is 1. The summed E-state index contributed by atoms with van der Waals surface area (Å²) >= 11 is 1.53. The van der Waals surface area contributed by atoms with E-state index in [2.05, 4.69) is 6.92 Å². The normalized spacial score (nSPS) is 37.0.